The summed E-state index contributed by atoms with van der Waals surface area (Å²) >= 11 is 0. The number of pyridine rings is 1. The second-order valence-corrected chi connectivity index (χ2v) is 4.42. The van der Waals surface area contributed by atoms with Crippen molar-refractivity contribution in [1.82, 2.24) is 15.0 Å². The summed E-state index contributed by atoms with van der Waals surface area (Å²) in [5.41, 5.74) is 4.74. The Kier molecular flexibility index (Phi) is 2.81. The van der Waals surface area contributed by atoms with Crippen LogP contribution in [0.3, 0.4) is 0 Å². The van der Waals surface area contributed by atoms with Gasteiger partial charge in [-0.3, -0.25) is 4.98 Å². The third-order valence-corrected chi connectivity index (χ3v) is 3.09. The molecule has 0 amide bonds. The van der Waals surface area contributed by atoms with Crippen LogP contribution in [-0.2, 0) is 12.8 Å². The van der Waals surface area contributed by atoms with Gasteiger partial charge in [-0.2, -0.15) is 0 Å². The molecule has 3 heteroatoms. The summed E-state index contributed by atoms with van der Waals surface area (Å²) < 4.78 is 0. The second-order valence-electron chi connectivity index (χ2n) is 4.42. The average Bonchev–Trinajstić information content (AvgIpc) is 2.82. The van der Waals surface area contributed by atoms with Gasteiger partial charge in [0.2, 0.25) is 0 Å². The normalized spacial score (nSPS) is 10.9. The lowest BCUT2D eigenvalue weighted by atomic mass is 10.1. The van der Waals surface area contributed by atoms with Crippen LogP contribution in [0.15, 0.2) is 42.7 Å². The zero-order valence-electron chi connectivity index (χ0n) is 10.4. The highest BCUT2D eigenvalue weighted by Crippen LogP contribution is 2.16. The lowest BCUT2D eigenvalue weighted by Crippen LogP contribution is -1.88. The van der Waals surface area contributed by atoms with E-state index in [4.69, 9.17) is 0 Å². The maximum atomic E-state index is 4.51. The zero-order chi connectivity index (χ0) is 12.4. The number of aromatic nitrogens is 3. The molecule has 0 fully saturated rings. The van der Waals surface area contributed by atoms with Crippen molar-refractivity contribution >= 4 is 11.0 Å². The molecule has 1 N–H and O–H groups in total. The van der Waals surface area contributed by atoms with Crippen LogP contribution in [0.25, 0.3) is 11.0 Å². The van der Waals surface area contributed by atoms with Gasteiger partial charge < -0.3 is 4.98 Å². The van der Waals surface area contributed by atoms with E-state index in [1.54, 1.807) is 0 Å². The molecule has 1 aromatic carbocycles. The molecular formula is C15H15N3. The number of rotatable bonds is 3. The van der Waals surface area contributed by atoms with Gasteiger partial charge in [-0.15, -0.1) is 0 Å². The Morgan fingerprint density at radius 2 is 1.89 bits per heavy atom. The van der Waals surface area contributed by atoms with E-state index in [1.165, 1.54) is 11.1 Å². The highest BCUT2D eigenvalue weighted by molar-refractivity contribution is 5.76. The van der Waals surface area contributed by atoms with Crippen molar-refractivity contribution in [3.8, 4) is 0 Å². The van der Waals surface area contributed by atoms with Gasteiger partial charge >= 0.3 is 0 Å². The highest BCUT2D eigenvalue weighted by atomic mass is 14.9. The minimum atomic E-state index is 0.930. The van der Waals surface area contributed by atoms with Crippen molar-refractivity contribution in [2.75, 3.05) is 0 Å². The third kappa shape index (κ3) is 2.12. The number of nitrogens with zero attached hydrogens (tertiary/aromatic N) is 2. The van der Waals surface area contributed by atoms with Gasteiger partial charge in [0.15, 0.2) is 0 Å². The van der Waals surface area contributed by atoms with E-state index in [0.717, 1.165) is 29.7 Å². The summed E-state index contributed by atoms with van der Waals surface area (Å²) in [7, 11) is 0. The summed E-state index contributed by atoms with van der Waals surface area (Å²) in [5.74, 6) is 1.05. The predicted molar refractivity (Wildman–Crippen MR) is 72.5 cm³/mol. The van der Waals surface area contributed by atoms with Gasteiger partial charge in [-0.1, -0.05) is 13.0 Å². The van der Waals surface area contributed by atoms with Crippen molar-refractivity contribution < 1.29 is 0 Å². The van der Waals surface area contributed by atoms with E-state index >= 15 is 0 Å². The SMILES string of the molecule is CCc1nc2ccc(Cc3ccncc3)cc2[nH]1. The summed E-state index contributed by atoms with van der Waals surface area (Å²) in [5, 5.41) is 0. The first-order valence-electron chi connectivity index (χ1n) is 6.21. The number of hydrogen-bond acceptors (Lipinski definition) is 2. The Balaban J connectivity index is 1.93. The molecule has 3 nitrogen and oxygen atoms in total. The number of benzene rings is 1. The third-order valence-electron chi connectivity index (χ3n) is 3.09. The van der Waals surface area contributed by atoms with Gasteiger partial charge in [0.05, 0.1) is 11.0 Å². The smallest absolute Gasteiger partial charge is 0.106 e. The first kappa shape index (κ1) is 11.0. The molecule has 0 atom stereocenters. The molecule has 3 aromatic rings. The Morgan fingerprint density at radius 3 is 2.67 bits per heavy atom. The first-order chi connectivity index (χ1) is 8.85. The van der Waals surface area contributed by atoms with Crippen LogP contribution in [0, 0.1) is 0 Å². The number of fused-ring (bicyclic) bond motifs is 1. The van der Waals surface area contributed by atoms with E-state index in [0.29, 0.717) is 0 Å². The Hall–Kier alpha value is -2.16. The number of hydrogen-bond donors (Lipinski definition) is 1. The predicted octanol–water partition coefficient (Wildman–Crippen LogP) is 3.11. The molecule has 0 bridgehead atoms. The fourth-order valence-corrected chi connectivity index (χ4v) is 2.12. The van der Waals surface area contributed by atoms with E-state index in [2.05, 4.69) is 52.2 Å². The van der Waals surface area contributed by atoms with Crippen LogP contribution in [-0.4, -0.2) is 15.0 Å². The Labute approximate surface area is 106 Å². The molecule has 0 spiro atoms. The van der Waals surface area contributed by atoms with E-state index in [9.17, 15) is 0 Å². The number of nitrogens with one attached hydrogen (secondary N) is 1. The average molecular weight is 237 g/mol. The molecule has 18 heavy (non-hydrogen) atoms. The number of H-pyrrole nitrogens is 1. The fraction of sp³-hybridized carbons (Fsp3) is 0.200. The molecule has 0 unspecified atom stereocenters. The lowest BCUT2D eigenvalue weighted by molar-refractivity contribution is 1.00. The van der Waals surface area contributed by atoms with Crippen LogP contribution in [0.1, 0.15) is 23.9 Å². The molecule has 0 aliphatic rings. The van der Waals surface area contributed by atoms with Crippen molar-refractivity contribution in [2.24, 2.45) is 0 Å². The molecule has 0 aliphatic heterocycles. The molecule has 0 saturated carbocycles. The monoisotopic (exact) mass is 237 g/mol. The summed E-state index contributed by atoms with van der Waals surface area (Å²) in [6.07, 6.45) is 5.53. The van der Waals surface area contributed by atoms with Gasteiger partial charge in [0, 0.05) is 18.8 Å². The molecule has 2 aromatic heterocycles. The van der Waals surface area contributed by atoms with Gasteiger partial charge in [0.1, 0.15) is 5.82 Å². The Morgan fingerprint density at radius 1 is 1.06 bits per heavy atom. The zero-order valence-corrected chi connectivity index (χ0v) is 10.4. The quantitative estimate of drug-likeness (QED) is 0.760. The van der Waals surface area contributed by atoms with E-state index < -0.39 is 0 Å². The number of aryl methyl sites for hydroxylation is 1. The summed E-state index contributed by atoms with van der Waals surface area (Å²) in [6.45, 7) is 2.11. The molecule has 90 valence electrons. The van der Waals surface area contributed by atoms with Crippen molar-refractivity contribution in [3.05, 3.63) is 59.7 Å². The van der Waals surface area contributed by atoms with Gasteiger partial charge in [-0.05, 0) is 41.8 Å². The summed E-state index contributed by atoms with van der Waals surface area (Å²) in [4.78, 5) is 11.9. The molecular weight excluding hydrogens is 222 g/mol. The molecule has 0 aliphatic carbocycles. The van der Waals surface area contributed by atoms with Gasteiger partial charge in [0.25, 0.3) is 0 Å². The molecule has 0 radical (unpaired) electrons. The molecule has 0 saturated heterocycles. The van der Waals surface area contributed by atoms with Crippen LogP contribution in [0.4, 0.5) is 0 Å². The number of imidazole rings is 1. The van der Waals surface area contributed by atoms with Crippen LogP contribution in [0.5, 0.6) is 0 Å². The van der Waals surface area contributed by atoms with Crippen LogP contribution >= 0.6 is 0 Å². The minimum absolute atomic E-state index is 0.930. The largest absolute Gasteiger partial charge is 0.342 e. The summed E-state index contributed by atoms with van der Waals surface area (Å²) in [6, 6.07) is 10.5. The Bertz CT molecular complexity index is 656. The fourth-order valence-electron chi connectivity index (χ4n) is 2.12. The van der Waals surface area contributed by atoms with E-state index in [-0.39, 0.29) is 0 Å². The van der Waals surface area contributed by atoms with E-state index in [1.807, 2.05) is 12.4 Å². The van der Waals surface area contributed by atoms with Crippen molar-refractivity contribution in [2.45, 2.75) is 19.8 Å². The highest BCUT2D eigenvalue weighted by Gasteiger charge is 2.03. The standard InChI is InChI=1S/C15H15N3/c1-2-15-17-13-4-3-12(10-14(13)18-15)9-11-5-7-16-8-6-11/h3-8,10H,2,9H2,1H3,(H,17,18). The first-order valence-corrected chi connectivity index (χ1v) is 6.21. The van der Waals surface area contributed by atoms with Gasteiger partial charge in [-0.25, -0.2) is 4.98 Å². The van der Waals surface area contributed by atoms with Crippen molar-refractivity contribution in [3.63, 3.8) is 0 Å². The lowest BCUT2D eigenvalue weighted by Gasteiger charge is -2.01. The second kappa shape index (κ2) is 4.61. The van der Waals surface area contributed by atoms with Crippen molar-refractivity contribution in [1.29, 1.82) is 0 Å². The minimum Gasteiger partial charge on any atom is -0.342 e. The topological polar surface area (TPSA) is 41.6 Å². The van der Waals surface area contributed by atoms with Crippen LogP contribution in [0.2, 0.25) is 0 Å². The molecule has 3 rings (SSSR count). The van der Waals surface area contributed by atoms with Crippen LogP contribution < -0.4 is 0 Å². The maximum Gasteiger partial charge on any atom is 0.106 e. The molecule has 2 heterocycles. The maximum absolute atomic E-state index is 4.51. The number of aromatic amines is 1.